The number of carbonyl (C=O) groups excluding carboxylic acids is 1. The molecule has 2 aliphatic rings. The molecule has 0 radical (unpaired) electrons. The van der Waals surface area contributed by atoms with Gasteiger partial charge in [0.25, 0.3) is 5.91 Å². The average Bonchev–Trinajstić information content (AvgIpc) is 3.19. The summed E-state index contributed by atoms with van der Waals surface area (Å²) >= 11 is 0. The molecule has 168 valence electrons. The molecular weight excluding hydrogens is 394 g/mol. The molecule has 0 saturated carbocycles. The van der Waals surface area contributed by atoms with E-state index in [1.54, 1.807) is 26.4 Å². The standard InChI is InChI=1S/C24H33N3O4/c1-17-15-25-23(19-8-12-31-13-9-19)27(17)16-18-6-10-26(11-7-18)24(28)21-5-4-20(29-2)14-22(21)30-3/h4-5,14-15,18-19H,6-13,16H2,1-3H3. The maximum Gasteiger partial charge on any atom is 0.257 e. The van der Waals surface area contributed by atoms with E-state index in [1.165, 1.54) is 11.5 Å². The van der Waals surface area contributed by atoms with Gasteiger partial charge in [-0.15, -0.1) is 0 Å². The Morgan fingerprint density at radius 2 is 1.87 bits per heavy atom. The van der Waals surface area contributed by atoms with Crippen LogP contribution in [-0.4, -0.2) is 60.9 Å². The quantitative estimate of drug-likeness (QED) is 0.704. The molecule has 0 spiro atoms. The predicted molar refractivity (Wildman–Crippen MR) is 118 cm³/mol. The zero-order valence-corrected chi connectivity index (χ0v) is 18.8. The van der Waals surface area contributed by atoms with E-state index in [4.69, 9.17) is 19.2 Å². The minimum Gasteiger partial charge on any atom is -0.497 e. The number of hydrogen-bond donors (Lipinski definition) is 0. The number of amides is 1. The number of ether oxygens (including phenoxy) is 3. The molecule has 1 amide bonds. The fourth-order valence-corrected chi connectivity index (χ4v) is 4.72. The van der Waals surface area contributed by atoms with Crippen molar-refractivity contribution in [2.75, 3.05) is 40.5 Å². The van der Waals surface area contributed by atoms with E-state index in [0.29, 0.717) is 28.9 Å². The van der Waals surface area contributed by atoms with Crippen molar-refractivity contribution in [3.8, 4) is 11.5 Å². The molecule has 2 saturated heterocycles. The van der Waals surface area contributed by atoms with Crippen LogP contribution in [0.3, 0.4) is 0 Å². The van der Waals surface area contributed by atoms with E-state index in [1.807, 2.05) is 17.2 Å². The van der Waals surface area contributed by atoms with Gasteiger partial charge in [0, 0.05) is 56.7 Å². The van der Waals surface area contributed by atoms with Gasteiger partial charge in [0.1, 0.15) is 17.3 Å². The van der Waals surface area contributed by atoms with Crippen molar-refractivity contribution < 1.29 is 19.0 Å². The number of carbonyl (C=O) groups is 1. The van der Waals surface area contributed by atoms with Gasteiger partial charge in [0.2, 0.25) is 0 Å². The lowest BCUT2D eigenvalue weighted by molar-refractivity contribution is 0.0676. The summed E-state index contributed by atoms with van der Waals surface area (Å²) < 4.78 is 18.6. The molecule has 7 heteroatoms. The molecule has 0 unspecified atom stereocenters. The maximum atomic E-state index is 13.1. The summed E-state index contributed by atoms with van der Waals surface area (Å²) in [6.45, 7) is 6.30. The summed E-state index contributed by atoms with van der Waals surface area (Å²) in [6.07, 6.45) is 6.09. The van der Waals surface area contributed by atoms with E-state index in [2.05, 4.69) is 11.5 Å². The number of nitrogens with zero attached hydrogens (tertiary/aromatic N) is 3. The Bertz CT molecular complexity index is 896. The lowest BCUT2D eigenvalue weighted by atomic mass is 9.95. The second kappa shape index (κ2) is 9.73. The molecule has 2 aromatic rings. The predicted octanol–water partition coefficient (Wildman–Crippen LogP) is 3.66. The van der Waals surface area contributed by atoms with Crippen LogP contribution in [0.25, 0.3) is 0 Å². The first kappa shape index (κ1) is 21.7. The molecule has 0 atom stereocenters. The molecule has 2 aliphatic heterocycles. The van der Waals surface area contributed by atoms with Crippen LogP contribution in [-0.2, 0) is 11.3 Å². The molecule has 4 rings (SSSR count). The number of methoxy groups -OCH3 is 2. The molecular formula is C24H33N3O4. The van der Waals surface area contributed by atoms with E-state index in [-0.39, 0.29) is 5.91 Å². The number of aryl methyl sites for hydroxylation is 1. The first-order valence-electron chi connectivity index (χ1n) is 11.2. The van der Waals surface area contributed by atoms with Crippen LogP contribution in [0, 0.1) is 12.8 Å². The zero-order chi connectivity index (χ0) is 21.8. The fourth-order valence-electron chi connectivity index (χ4n) is 4.72. The van der Waals surface area contributed by atoms with Crippen molar-refractivity contribution in [2.45, 2.75) is 45.1 Å². The number of likely N-dealkylation sites (tertiary alicyclic amines) is 1. The largest absolute Gasteiger partial charge is 0.497 e. The van der Waals surface area contributed by atoms with Crippen LogP contribution < -0.4 is 9.47 Å². The summed E-state index contributed by atoms with van der Waals surface area (Å²) in [7, 11) is 3.19. The van der Waals surface area contributed by atoms with Crippen LogP contribution in [0.15, 0.2) is 24.4 Å². The molecule has 1 aromatic carbocycles. The van der Waals surface area contributed by atoms with Crippen LogP contribution in [0.2, 0.25) is 0 Å². The number of rotatable bonds is 6. The van der Waals surface area contributed by atoms with Gasteiger partial charge >= 0.3 is 0 Å². The molecule has 0 bridgehead atoms. The van der Waals surface area contributed by atoms with Crippen LogP contribution in [0.5, 0.6) is 11.5 Å². The van der Waals surface area contributed by atoms with E-state index in [9.17, 15) is 4.79 Å². The van der Waals surface area contributed by atoms with Crippen LogP contribution >= 0.6 is 0 Å². The van der Waals surface area contributed by atoms with E-state index in [0.717, 1.165) is 58.5 Å². The highest BCUT2D eigenvalue weighted by Gasteiger charge is 2.28. The molecule has 1 aromatic heterocycles. The number of benzene rings is 1. The third-order valence-electron chi connectivity index (χ3n) is 6.65. The van der Waals surface area contributed by atoms with Crippen LogP contribution in [0.1, 0.15) is 53.5 Å². The SMILES string of the molecule is COc1ccc(C(=O)N2CCC(Cn3c(C)cnc3C3CCOCC3)CC2)c(OC)c1. The number of hydrogen-bond acceptors (Lipinski definition) is 5. The van der Waals surface area contributed by atoms with E-state index < -0.39 is 0 Å². The topological polar surface area (TPSA) is 65.8 Å². The highest BCUT2D eigenvalue weighted by molar-refractivity contribution is 5.97. The number of aromatic nitrogens is 2. The minimum atomic E-state index is 0.0275. The molecule has 2 fully saturated rings. The highest BCUT2D eigenvalue weighted by Crippen LogP contribution is 2.30. The third-order valence-corrected chi connectivity index (χ3v) is 6.65. The van der Waals surface area contributed by atoms with Gasteiger partial charge in [0.15, 0.2) is 0 Å². The summed E-state index contributed by atoms with van der Waals surface area (Å²) in [4.78, 5) is 19.8. The molecule has 0 aliphatic carbocycles. The Morgan fingerprint density at radius 3 is 2.55 bits per heavy atom. The Labute approximate surface area is 184 Å². The van der Waals surface area contributed by atoms with E-state index >= 15 is 0 Å². The lowest BCUT2D eigenvalue weighted by Crippen LogP contribution is -2.39. The Kier molecular flexibility index (Phi) is 6.80. The van der Waals surface area contributed by atoms with Crippen molar-refractivity contribution in [1.82, 2.24) is 14.5 Å². The molecule has 0 N–H and O–H groups in total. The highest BCUT2D eigenvalue weighted by atomic mass is 16.5. The van der Waals surface area contributed by atoms with Crippen molar-refractivity contribution >= 4 is 5.91 Å². The van der Waals surface area contributed by atoms with Gasteiger partial charge in [-0.3, -0.25) is 4.79 Å². The number of imidazole rings is 1. The summed E-state index contributed by atoms with van der Waals surface area (Å²) in [5, 5.41) is 0. The van der Waals surface area contributed by atoms with Gasteiger partial charge in [-0.05, 0) is 50.7 Å². The first-order valence-corrected chi connectivity index (χ1v) is 11.2. The second-order valence-corrected chi connectivity index (χ2v) is 8.56. The van der Waals surface area contributed by atoms with Crippen molar-refractivity contribution in [3.63, 3.8) is 0 Å². The average molecular weight is 428 g/mol. The lowest BCUT2D eigenvalue weighted by Gasteiger charge is -2.33. The summed E-state index contributed by atoms with van der Waals surface area (Å²) in [6, 6.07) is 5.36. The van der Waals surface area contributed by atoms with Gasteiger partial charge < -0.3 is 23.7 Å². The Balaban J connectivity index is 1.39. The van der Waals surface area contributed by atoms with Gasteiger partial charge in [-0.2, -0.15) is 0 Å². The van der Waals surface area contributed by atoms with Crippen LogP contribution in [0.4, 0.5) is 0 Å². The maximum absolute atomic E-state index is 13.1. The minimum absolute atomic E-state index is 0.0275. The van der Waals surface area contributed by atoms with Crippen molar-refractivity contribution in [3.05, 3.63) is 41.5 Å². The van der Waals surface area contributed by atoms with Gasteiger partial charge in [-0.1, -0.05) is 0 Å². The Hall–Kier alpha value is -2.54. The first-order chi connectivity index (χ1) is 15.1. The summed E-state index contributed by atoms with van der Waals surface area (Å²) in [5.74, 6) is 3.52. The normalized spacial score (nSPS) is 18.2. The monoisotopic (exact) mass is 427 g/mol. The van der Waals surface area contributed by atoms with Crippen molar-refractivity contribution in [1.29, 1.82) is 0 Å². The second-order valence-electron chi connectivity index (χ2n) is 8.56. The summed E-state index contributed by atoms with van der Waals surface area (Å²) in [5.41, 5.74) is 1.82. The zero-order valence-electron chi connectivity index (χ0n) is 18.8. The van der Waals surface area contributed by atoms with Gasteiger partial charge in [0.05, 0.1) is 19.8 Å². The Morgan fingerprint density at radius 1 is 1.13 bits per heavy atom. The van der Waals surface area contributed by atoms with Crippen molar-refractivity contribution in [2.24, 2.45) is 5.92 Å². The molecule has 7 nitrogen and oxygen atoms in total. The van der Waals surface area contributed by atoms with Gasteiger partial charge in [-0.25, -0.2) is 4.98 Å². The fraction of sp³-hybridized carbons (Fsp3) is 0.583. The molecule has 3 heterocycles. The number of piperidine rings is 1. The molecule has 31 heavy (non-hydrogen) atoms. The smallest absolute Gasteiger partial charge is 0.257 e. The third kappa shape index (κ3) is 4.71.